The van der Waals surface area contributed by atoms with E-state index in [2.05, 4.69) is 10.5 Å². The number of carbonyl (C=O) groups is 1. The van der Waals surface area contributed by atoms with Gasteiger partial charge in [-0.05, 0) is 12.1 Å². The molecule has 1 aliphatic heterocycles. The number of nitro groups is 1. The first-order valence-electron chi connectivity index (χ1n) is 10.2. The molecular weight excluding hydrogens is 408 g/mol. The maximum absolute atomic E-state index is 12.8. The Morgan fingerprint density at radius 1 is 0.906 bits per heavy atom. The molecule has 0 radical (unpaired) electrons. The quantitative estimate of drug-likeness (QED) is 0.366. The minimum Gasteiger partial charge on any atom is -0.378 e. The Morgan fingerprint density at radius 3 is 2.06 bits per heavy atom. The molecule has 0 spiro atoms. The second-order valence-electron chi connectivity index (χ2n) is 7.19. The molecule has 0 aliphatic carbocycles. The molecule has 1 aliphatic rings. The first-order valence-corrected chi connectivity index (χ1v) is 10.2. The third kappa shape index (κ3) is 4.81. The minimum atomic E-state index is -0.522. The summed E-state index contributed by atoms with van der Waals surface area (Å²) in [5, 5.41) is 16.0. The normalized spacial score (nSPS) is 13.3. The molecule has 0 unspecified atom stereocenters. The largest absolute Gasteiger partial charge is 0.378 e. The topological polar surface area (TPSA) is 97.1 Å². The van der Waals surface area contributed by atoms with E-state index in [0.717, 1.165) is 11.1 Å². The summed E-state index contributed by atoms with van der Waals surface area (Å²) in [5.41, 5.74) is 5.36. The second-order valence-corrected chi connectivity index (χ2v) is 7.19. The molecule has 1 heterocycles. The summed E-state index contributed by atoms with van der Waals surface area (Å²) in [6.45, 7) is 2.15. The maximum atomic E-state index is 12.8. The van der Waals surface area contributed by atoms with Gasteiger partial charge in [-0.15, -0.1) is 0 Å². The van der Waals surface area contributed by atoms with E-state index in [0.29, 0.717) is 37.7 Å². The van der Waals surface area contributed by atoms with Gasteiger partial charge >= 0.3 is 0 Å². The molecule has 3 aromatic rings. The van der Waals surface area contributed by atoms with Gasteiger partial charge in [0.15, 0.2) is 0 Å². The number of anilines is 1. The van der Waals surface area contributed by atoms with Gasteiger partial charge in [-0.2, -0.15) is 5.10 Å². The Kier molecular flexibility index (Phi) is 6.52. The van der Waals surface area contributed by atoms with Gasteiger partial charge in [0.25, 0.3) is 11.6 Å². The highest BCUT2D eigenvalue weighted by Gasteiger charge is 2.23. The number of hydrogen-bond donors (Lipinski definition) is 1. The third-order valence-corrected chi connectivity index (χ3v) is 5.15. The van der Waals surface area contributed by atoms with E-state index < -0.39 is 10.8 Å². The van der Waals surface area contributed by atoms with Crippen LogP contribution in [0.25, 0.3) is 0 Å². The van der Waals surface area contributed by atoms with Crippen LogP contribution in [0.15, 0.2) is 84.0 Å². The van der Waals surface area contributed by atoms with Crippen molar-refractivity contribution in [2.75, 3.05) is 31.2 Å². The van der Waals surface area contributed by atoms with Gasteiger partial charge in [-0.1, -0.05) is 60.7 Å². The van der Waals surface area contributed by atoms with E-state index in [1.54, 1.807) is 12.1 Å². The molecule has 8 heteroatoms. The molecule has 0 atom stereocenters. The van der Waals surface area contributed by atoms with Crippen LogP contribution in [0.1, 0.15) is 21.5 Å². The summed E-state index contributed by atoms with van der Waals surface area (Å²) >= 11 is 0. The Labute approximate surface area is 185 Å². The lowest BCUT2D eigenvalue weighted by molar-refractivity contribution is -0.384. The van der Waals surface area contributed by atoms with E-state index >= 15 is 0 Å². The molecule has 8 nitrogen and oxygen atoms in total. The van der Waals surface area contributed by atoms with Crippen molar-refractivity contribution >= 4 is 23.0 Å². The van der Waals surface area contributed by atoms with Crippen molar-refractivity contribution in [3.8, 4) is 0 Å². The van der Waals surface area contributed by atoms with E-state index in [4.69, 9.17) is 4.74 Å². The summed E-state index contributed by atoms with van der Waals surface area (Å²) in [5.74, 6) is -0.522. The SMILES string of the molecule is O=C(NN=C(c1ccccc1)c1ccccc1)c1ccc(N2CCOCC2)c([N+](=O)[O-])c1. The van der Waals surface area contributed by atoms with Gasteiger partial charge < -0.3 is 9.64 Å². The zero-order chi connectivity index (χ0) is 22.3. The predicted molar refractivity (Wildman–Crippen MR) is 122 cm³/mol. The lowest BCUT2D eigenvalue weighted by Crippen LogP contribution is -2.36. The summed E-state index contributed by atoms with van der Waals surface area (Å²) < 4.78 is 5.32. The first-order chi connectivity index (χ1) is 15.6. The molecule has 0 bridgehead atoms. The summed E-state index contributed by atoms with van der Waals surface area (Å²) in [6, 6.07) is 23.5. The zero-order valence-corrected chi connectivity index (χ0v) is 17.3. The maximum Gasteiger partial charge on any atom is 0.293 e. The fraction of sp³-hybridized carbons (Fsp3) is 0.167. The summed E-state index contributed by atoms with van der Waals surface area (Å²) in [4.78, 5) is 25.9. The van der Waals surface area contributed by atoms with Crippen LogP contribution < -0.4 is 10.3 Å². The Morgan fingerprint density at radius 2 is 1.50 bits per heavy atom. The minimum absolute atomic E-state index is 0.116. The van der Waals surface area contributed by atoms with Crippen LogP contribution in [-0.4, -0.2) is 42.8 Å². The molecular formula is C24H22N4O4. The number of hydrazone groups is 1. The highest BCUT2D eigenvalue weighted by Crippen LogP contribution is 2.30. The molecule has 0 saturated carbocycles. The van der Waals surface area contributed by atoms with Crippen LogP contribution in [0.3, 0.4) is 0 Å². The van der Waals surface area contributed by atoms with Crippen molar-refractivity contribution in [1.82, 2.24) is 5.43 Å². The van der Waals surface area contributed by atoms with Crippen LogP contribution in [0, 0.1) is 10.1 Å². The van der Waals surface area contributed by atoms with Crippen LogP contribution in [0.4, 0.5) is 11.4 Å². The van der Waals surface area contributed by atoms with E-state index in [1.165, 1.54) is 6.07 Å². The van der Waals surface area contributed by atoms with Gasteiger partial charge in [0.1, 0.15) is 5.69 Å². The van der Waals surface area contributed by atoms with E-state index in [-0.39, 0.29) is 11.3 Å². The Hall–Kier alpha value is -4.04. The van der Waals surface area contributed by atoms with Gasteiger partial charge in [0.05, 0.1) is 23.8 Å². The average Bonchev–Trinajstić information content (AvgIpc) is 2.85. The molecule has 1 amide bonds. The second kappa shape index (κ2) is 9.84. The number of morpholine rings is 1. The standard InChI is InChI=1S/C24H22N4O4/c29-24(20-11-12-21(22(17-20)28(30)31)27-13-15-32-16-14-27)26-25-23(18-7-3-1-4-8-18)19-9-5-2-6-10-19/h1-12,17H,13-16H2,(H,26,29). The van der Waals surface area contributed by atoms with Crippen molar-refractivity contribution in [2.45, 2.75) is 0 Å². The highest BCUT2D eigenvalue weighted by molar-refractivity contribution is 6.13. The third-order valence-electron chi connectivity index (χ3n) is 5.15. The van der Waals surface area contributed by atoms with Gasteiger partial charge in [-0.3, -0.25) is 14.9 Å². The summed E-state index contributed by atoms with van der Waals surface area (Å²) in [7, 11) is 0. The average molecular weight is 430 g/mol. The lowest BCUT2D eigenvalue weighted by atomic mass is 10.0. The molecule has 1 N–H and O–H groups in total. The monoisotopic (exact) mass is 430 g/mol. The fourth-order valence-corrected chi connectivity index (χ4v) is 3.54. The first kappa shape index (κ1) is 21.2. The van der Waals surface area contributed by atoms with Gasteiger partial charge in [-0.25, -0.2) is 5.43 Å². The number of rotatable bonds is 6. The number of ether oxygens (including phenoxy) is 1. The van der Waals surface area contributed by atoms with E-state index in [1.807, 2.05) is 65.6 Å². The van der Waals surface area contributed by atoms with Crippen molar-refractivity contribution in [3.63, 3.8) is 0 Å². The van der Waals surface area contributed by atoms with E-state index in [9.17, 15) is 14.9 Å². The van der Waals surface area contributed by atoms with Crippen molar-refractivity contribution in [2.24, 2.45) is 5.10 Å². The number of carbonyl (C=O) groups excluding carboxylic acids is 1. The molecule has 3 aromatic carbocycles. The highest BCUT2D eigenvalue weighted by atomic mass is 16.6. The predicted octanol–water partition coefficient (Wildman–Crippen LogP) is 3.61. The lowest BCUT2D eigenvalue weighted by Gasteiger charge is -2.28. The Balaban J connectivity index is 1.61. The van der Waals surface area contributed by atoms with Crippen LogP contribution in [-0.2, 0) is 4.74 Å². The fourth-order valence-electron chi connectivity index (χ4n) is 3.54. The number of benzene rings is 3. The van der Waals surface area contributed by atoms with Crippen LogP contribution in [0.5, 0.6) is 0 Å². The number of nitro benzene ring substituents is 1. The van der Waals surface area contributed by atoms with Gasteiger partial charge in [0, 0.05) is 35.8 Å². The van der Waals surface area contributed by atoms with Crippen molar-refractivity contribution < 1.29 is 14.5 Å². The summed E-state index contributed by atoms with van der Waals surface area (Å²) in [6.07, 6.45) is 0. The zero-order valence-electron chi connectivity index (χ0n) is 17.3. The molecule has 162 valence electrons. The molecule has 0 aromatic heterocycles. The number of amides is 1. The van der Waals surface area contributed by atoms with Crippen molar-refractivity contribution in [1.29, 1.82) is 0 Å². The van der Waals surface area contributed by atoms with Crippen LogP contribution in [0.2, 0.25) is 0 Å². The Bertz CT molecular complexity index is 1090. The number of nitrogens with zero attached hydrogens (tertiary/aromatic N) is 3. The number of hydrogen-bond acceptors (Lipinski definition) is 6. The molecule has 32 heavy (non-hydrogen) atoms. The van der Waals surface area contributed by atoms with Gasteiger partial charge in [0.2, 0.25) is 0 Å². The number of nitrogens with one attached hydrogen (secondary N) is 1. The molecule has 1 fully saturated rings. The van der Waals surface area contributed by atoms with Crippen molar-refractivity contribution in [3.05, 3.63) is 106 Å². The molecule has 4 rings (SSSR count). The molecule has 1 saturated heterocycles. The smallest absolute Gasteiger partial charge is 0.293 e. The van der Waals surface area contributed by atoms with Crippen LogP contribution >= 0.6 is 0 Å².